The molecule has 2 nitrogen and oxygen atoms in total. The highest BCUT2D eigenvalue weighted by Gasteiger charge is 2.23. The molecule has 1 atom stereocenters. The zero-order valence-electron chi connectivity index (χ0n) is 8.93. The zero-order valence-corrected chi connectivity index (χ0v) is 8.93. The van der Waals surface area contributed by atoms with Crippen LogP contribution in [-0.4, -0.2) is 12.5 Å². The second kappa shape index (κ2) is 4.81. The van der Waals surface area contributed by atoms with Gasteiger partial charge in [0, 0.05) is 12.5 Å². The van der Waals surface area contributed by atoms with E-state index in [1.807, 2.05) is 0 Å². The number of hydrogen-bond donors (Lipinski definition) is 1. The Bertz CT molecular complexity index is 198. The Kier molecular flexibility index (Phi) is 3.44. The lowest BCUT2D eigenvalue weighted by atomic mass is 9.80. The van der Waals surface area contributed by atoms with Gasteiger partial charge in [-0.2, -0.15) is 0 Å². The Hall–Kier alpha value is -0.530. The fourth-order valence-corrected chi connectivity index (χ4v) is 2.50. The molecule has 0 aromatic carbocycles. The molecule has 80 valence electrons. The van der Waals surface area contributed by atoms with Gasteiger partial charge in [-0.25, -0.2) is 0 Å². The molecule has 1 aliphatic heterocycles. The smallest absolute Gasteiger partial charge is 0.223 e. The Balaban J connectivity index is 1.73. The minimum Gasteiger partial charge on any atom is -0.356 e. The molecule has 0 aromatic rings. The molecule has 2 heteroatoms. The van der Waals surface area contributed by atoms with Gasteiger partial charge < -0.3 is 5.32 Å². The van der Waals surface area contributed by atoms with E-state index in [1.54, 1.807) is 0 Å². The summed E-state index contributed by atoms with van der Waals surface area (Å²) in [7, 11) is 0. The van der Waals surface area contributed by atoms with Gasteiger partial charge in [0.1, 0.15) is 0 Å². The average molecular weight is 195 g/mol. The molecule has 2 aliphatic rings. The van der Waals surface area contributed by atoms with Gasteiger partial charge in [0.25, 0.3) is 0 Å². The van der Waals surface area contributed by atoms with Crippen LogP contribution >= 0.6 is 0 Å². The molecule has 0 aromatic heterocycles. The minimum atomic E-state index is 0.321. The summed E-state index contributed by atoms with van der Waals surface area (Å²) in [5, 5.41) is 3.02. The van der Waals surface area contributed by atoms with Gasteiger partial charge in [-0.1, -0.05) is 25.7 Å². The fraction of sp³-hybridized carbons (Fsp3) is 0.917. The monoisotopic (exact) mass is 195 g/mol. The van der Waals surface area contributed by atoms with Crippen molar-refractivity contribution in [3.63, 3.8) is 0 Å². The number of nitrogens with one attached hydrogen (secondary N) is 1. The van der Waals surface area contributed by atoms with Gasteiger partial charge in [0.15, 0.2) is 0 Å². The van der Waals surface area contributed by atoms with Crippen molar-refractivity contribution in [2.24, 2.45) is 11.8 Å². The first kappa shape index (κ1) is 10.0. The molecule has 1 N–H and O–H groups in total. The lowest BCUT2D eigenvalue weighted by Gasteiger charge is -2.26. The van der Waals surface area contributed by atoms with E-state index in [4.69, 9.17) is 0 Å². The molecule has 2 fully saturated rings. The Morgan fingerprint density at radius 3 is 2.64 bits per heavy atom. The van der Waals surface area contributed by atoms with Crippen molar-refractivity contribution >= 4 is 5.91 Å². The van der Waals surface area contributed by atoms with E-state index in [0.29, 0.717) is 11.8 Å². The first-order valence-corrected chi connectivity index (χ1v) is 6.14. The summed E-state index contributed by atoms with van der Waals surface area (Å²) in [5.41, 5.74) is 0. The highest BCUT2D eigenvalue weighted by atomic mass is 16.1. The van der Waals surface area contributed by atoms with Crippen LogP contribution in [0.25, 0.3) is 0 Å². The van der Waals surface area contributed by atoms with E-state index in [1.165, 1.54) is 38.5 Å². The van der Waals surface area contributed by atoms with E-state index >= 15 is 0 Å². The van der Waals surface area contributed by atoms with Crippen molar-refractivity contribution in [1.82, 2.24) is 5.32 Å². The van der Waals surface area contributed by atoms with Crippen LogP contribution < -0.4 is 5.32 Å². The van der Waals surface area contributed by atoms with E-state index in [9.17, 15) is 4.79 Å². The van der Waals surface area contributed by atoms with Gasteiger partial charge in [-0.15, -0.1) is 0 Å². The molecule has 1 saturated heterocycles. The lowest BCUT2D eigenvalue weighted by molar-refractivity contribution is -0.125. The number of rotatable bonds is 3. The van der Waals surface area contributed by atoms with Gasteiger partial charge in [0.05, 0.1) is 0 Å². The largest absolute Gasteiger partial charge is 0.356 e. The van der Waals surface area contributed by atoms with Crippen molar-refractivity contribution in [2.45, 2.75) is 51.4 Å². The van der Waals surface area contributed by atoms with E-state index in [2.05, 4.69) is 5.32 Å². The van der Waals surface area contributed by atoms with Crippen LogP contribution in [0.2, 0.25) is 0 Å². The molecule has 0 bridgehead atoms. The summed E-state index contributed by atoms with van der Waals surface area (Å²) in [5.74, 6) is 1.60. The third-order valence-corrected chi connectivity index (χ3v) is 3.80. The Morgan fingerprint density at radius 2 is 1.93 bits per heavy atom. The molecule has 14 heavy (non-hydrogen) atoms. The zero-order chi connectivity index (χ0) is 9.80. The third-order valence-electron chi connectivity index (χ3n) is 3.80. The maximum Gasteiger partial charge on any atom is 0.223 e. The summed E-state index contributed by atoms with van der Waals surface area (Å²) < 4.78 is 0. The molecular weight excluding hydrogens is 174 g/mol. The maximum absolute atomic E-state index is 11.6. The van der Waals surface area contributed by atoms with Crippen molar-refractivity contribution in [3.8, 4) is 0 Å². The molecule has 0 radical (unpaired) electrons. The second-order valence-electron chi connectivity index (χ2n) is 4.86. The van der Waals surface area contributed by atoms with Crippen molar-refractivity contribution in [2.75, 3.05) is 6.54 Å². The minimum absolute atomic E-state index is 0.321. The number of carbonyl (C=O) groups is 1. The normalized spacial score (nSPS) is 29.1. The Morgan fingerprint density at radius 1 is 1.07 bits per heavy atom. The van der Waals surface area contributed by atoms with Crippen molar-refractivity contribution in [3.05, 3.63) is 0 Å². The summed E-state index contributed by atoms with van der Waals surface area (Å²) in [6.45, 7) is 0.902. The maximum atomic E-state index is 11.6. The predicted molar refractivity (Wildman–Crippen MR) is 56.9 cm³/mol. The van der Waals surface area contributed by atoms with Gasteiger partial charge in [-0.05, 0) is 31.6 Å². The van der Waals surface area contributed by atoms with E-state index in [-0.39, 0.29) is 0 Å². The highest BCUT2D eigenvalue weighted by molar-refractivity contribution is 5.78. The number of amides is 1. The average Bonchev–Trinajstić information content (AvgIpc) is 2.29. The number of hydrogen-bond acceptors (Lipinski definition) is 1. The predicted octanol–water partition coefficient (Wildman–Crippen LogP) is 2.48. The van der Waals surface area contributed by atoms with Crippen molar-refractivity contribution in [1.29, 1.82) is 0 Å². The van der Waals surface area contributed by atoms with Gasteiger partial charge in [-0.3, -0.25) is 4.79 Å². The molecule has 1 unspecified atom stereocenters. The first-order valence-electron chi connectivity index (χ1n) is 6.14. The summed E-state index contributed by atoms with van der Waals surface area (Å²) >= 11 is 0. The highest BCUT2D eigenvalue weighted by Crippen LogP contribution is 2.32. The summed E-state index contributed by atoms with van der Waals surface area (Å²) in [4.78, 5) is 11.6. The second-order valence-corrected chi connectivity index (χ2v) is 4.86. The molecular formula is C12H21NO. The first-order chi connectivity index (χ1) is 6.86. The van der Waals surface area contributed by atoms with E-state index < -0.39 is 0 Å². The van der Waals surface area contributed by atoms with Crippen LogP contribution in [0.1, 0.15) is 51.4 Å². The van der Waals surface area contributed by atoms with Gasteiger partial charge in [0.2, 0.25) is 5.91 Å². The van der Waals surface area contributed by atoms with Gasteiger partial charge >= 0.3 is 0 Å². The standard InChI is InChI=1S/C12H21NO/c14-12-11(6-1-2-9-13-12)8-7-10-4-3-5-10/h10-11H,1-9H2,(H,13,14). The SMILES string of the molecule is O=C1NCCCCC1CCC1CCC1. The molecule has 1 heterocycles. The van der Waals surface area contributed by atoms with Crippen molar-refractivity contribution < 1.29 is 4.79 Å². The molecule has 0 spiro atoms. The van der Waals surface area contributed by atoms with E-state index in [0.717, 1.165) is 25.3 Å². The summed E-state index contributed by atoms with van der Waals surface area (Å²) in [6, 6.07) is 0. The third kappa shape index (κ3) is 2.49. The van der Waals surface area contributed by atoms with Crippen LogP contribution in [0.5, 0.6) is 0 Å². The topological polar surface area (TPSA) is 29.1 Å². The van der Waals surface area contributed by atoms with Crippen LogP contribution in [-0.2, 0) is 4.79 Å². The number of carbonyl (C=O) groups excluding carboxylic acids is 1. The lowest BCUT2D eigenvalue weighted by Crippen LogP contribution is -2.29. The molecule has 1 aliphatic carbocycles. The van der Waals surface area contributed by atoms with Crippen LogP contribution in [0.15, 0.2) is 0 Å². The van der Waals surface area contributed by atoms with Crippen LogP contribution in [0.4, 0.5) is 0 Å². The Labute approximate surface area is 86.5 Å². The quantitative estimate of drug-likeness (QED) is 0.736. The molecule has 1 amide bonds. The summed E-state index contributed by atoms with van der Waals surface area (Å²) in [6.07, 6.45) is 10.2. The molecule has 1 saturated carbocycles. The van der Waals surface area contributed by atoms with Crippen LogP contribution in [0, 0.1) is 11.8 Å². The fourth-order valence-electron chi connectivity index (χ4n) is 2.50. The van der Waals surface area contributed by atoms with Crippen LogP contribution in [0.3, 0.4) is 0 Å². The molecule has 2 rings (SSSR count).